The van der Waals surface area contributed by atoms with Gasteiger partial charge in [0.05, 0.1) is 18.4 Å². The van der Waals surface area contributed by atoms with Crippen LogP contribution in [0.5, 0.6) is 0 Å². The van der Waals surface area contributed by atoms with Gasteiger partial charge in [0.15, 0.2) is 11.5 Å². The largest absolute Gasteiger partial charge is 0.381 e. The van der Waals surface area contributed by atoms with E-state index in [1.807, 2.05) is 0 Å². The van der Waals surface area contributed by atoms with Crippen molar-refractivity contribution in [2.45, 2.75) is 19.3 Å². The highest BCUT2D eigenvalue weighted by Gasteiger charge is 2.25. The van der Waals surface area contributed by atoms with E-state index in [2.05, 4.69) is 5.16 Å². The molecule has 70 valence electrons. The van der Waals surface area contributed by atoms with Crippen molar-refractivity contribution in [2.75, 3.05) is 13.2 Å². The summed E-state index contributed by atoms with van der Waals surface area (Å²) in [5.41, 5.74) is 0.593. The summed E-state index contributed by atoms with van der Waals surface area (Å²) in [5.74, 6) is 0.898. The van der Waals surface area contributed by atoms with Gasteiger partial charge in [-0.2, -0.15) is 0 Å². The van der Waals surface area contributed by atoms with Crippen molar-refractivity contribution >= 4 is 5.78 Å². The zero-order valence-corrected chi connectivity index (χ0v) is 7.45. The lowest BCUT2D eigenvalue weighted by molar-refractivity contribution is 0.101. The fourth-order valence-electron chi connectivity index (χ4n) is 1.55. The van der Waals surface area contributed by atoms with Crippen LogP contribution in [0.3, 0.4) is 0 Å². The highest BCUT2D eigenvalue weighted by molar-refractivity contribution is 5.94. The second-order valence-corrected chi connectivity index (χ2v) is 3.22. The first kappa shape index (κ1) is 8.44. The van der Waals surface area contributed by atoms with Crippen molar-refractivity contribution in [3.63, 3.8) is 0 Å². The Morgan fingerprint density at radius 1 is 1.69 bits per heavy atom. The van der Waals surface area contributed by atoms with Crippen LogP contribution >= 0.6 is 0 Å². The Kier molecular flexibility index (Phi) is 2.14. The van der Waals surface area contributed by atoms with Crippen LogP contribution in [-0.2, 0) is 4.74 Å². The molecule has 1 fully saturated rings. The number of carbonyl (C=O) groups excluding carboxylic acids is 1. The van der Waals surface area contributed by atoms with Crippen molar-refractivity contribution in [3.8, 4) is 0 Å². The first-order valence-electron chi connectivity index (χ1n) is 4.32. The van der Waals surface area contributed by atoms with Gasteiger partial charge in [0.1, 0.15) is 0 Å². The van der Waals surface area contributed by atoms with Crippen molar-refractivity contribution in [2.24, 2.45) is 0 Å². The number of hydrogen-bond donors (Lipinski definition) is 0. The second kappa shape index (κ2) is 3.30. The van der Waals surface area contributed by atoms with E-state index in [0.29, 0.717) is 17.9 Å². The van der Waals surface area contributed by atoms with Gasteiger partial charge in [-0.1, -0.05) is 5.16 Å². The Hall–Kier alpha value is -1.16. The third-order valence-electron chi connectivity index (χ3n) is 2.28. The minimum absolute atomic E-state index is 0.00292. The van der Waals surface area contributed by atoms with E-state index in [9.17, 15) is 4.79 Å². The normalized spacial score (nSPS) is 22.1. The summed E-state index contributed by atoms with van der Waals surface area (Å²) in [7, 11) is 0. The summed E-state index contributed by atoms with van der Waals surface area (Å²) in [6, 6.07) is 0. The maximum Gasteiger partial charge on any atom is 0.165 e. The van der Waals surface area contributed by atoms with E-state index in [1.165, 1.54) is 13.1 Å². The third-order valence-corrected chi connectivity index (χ3v) is 2.28. The predicted molar refractivity (Wildman–Crippen MR) is 44.7 cm³/mol. The summed E-state index contributed by atoms with van der Waals surface area (Å²) < 4.78 is 10.3. The molecule has 4 nitrogen and oxygen atoms in total. The lowest BCUT2D eigenvalue weighted by Gasteiger charge is -2.02. The van der Waals surface area contributed by atoms with Gasteiger partial charge in [-0.05, 0) is 13.3 Å². The summed E-state index contributed by atoms with van der Waals surface area (Å²) in [6.45, 7) is 2.89. The zero-order valence-electron chi connectivity index (χ0n) is 7.45. The number of carbonyl (C=O) groups is 1. The molecule has 0 aromatic carbocycles. The molecule has 0 amide bonds. The Balaban J connectivity index is 2.28. The van der Waals surface area contributed by atoms with E-state index < -0.39 is 0 Å². The predicted octanol–water partition coefficient (Wildman–Crippen LogP) is 1.38. The molecule has 2 rings (SSSR count). The first-order valence-corrected chi connectivity index (χ1v) is 4.32. The topological polar surface area (TPSA) is 52.3 Å². The first-order chi connectivity index (χ1) is 6.29. The molecule has 13 heavy (non-hydrogen) atoms. The lowest BCUT2D eigenvalue weighted by atomic mass is 10.0. The molecule has 0 N–H and O–H groups in total. The van der Waals surface area contributed by atoms with E-state index in [0.717, 1.165) is 13.0 Å². The number of ketones is 1. The molecule has 2 heterocycles. The Morgan fingerprint density at radius 2 is 2.54 bits per heavy atom. The number of ether oxygens (including phenoxy) is 1. The molecule has 0 radical (unpaired) electrons. The quantitative estimate of drug-likeness (QED) is 0.647. The molecule has 1 aliphatic heterocycles. The van der Waals surface area contributed by atoms with Crippen LogP contribution in [-0.4, -0.2) is 24.2 Å². The van der Waals surface area contributed by atoms with Gasteiger partial charge >= 0.3 is 0 Å². The van der Waals surface area contributed by atoms with Gasteiger partial charge in [-0.15, -0.1) is 0 Å². The van der Waals surface area contributed by atoms with Gasteiger partial charge in [-0.3, -0.25) is 4.79 Å². The van der Waals surface area contributed by atoms with Crippen LogP contribution in [0, 0.1) is 0 Å². The van der Waals surface area contributed by atoms with Crippen LogP contribution in [0.2, 0.25) is 0 Å². The molecule has 4 heteroatoms. The zero-order chi connectivity index (χ0) is 9.26. The second-order valence-electron chi connectivity index (χ2n) is 3.22. The average Bonchev–Trinajstić information content (AvgIpc) is 2.74. The molecule has 1 aromatic heterocycles. The minimum atomic E-state index is 0.00292. The molecular weight excluding hydrogens is 170 g/mol. The van der Waals surface area contributed by atoms with Crippen molar-refractivity contribution in [3.05, 3.63) is 17.5 Å². The summed E-state index contributed by atoms with van der Waals surface area (Å²) >= 11 is 0. The smallest absolute Gasteiger partial charge is 0.165 e. The van der Waals surface area contributed by atoms with Gasteiger partial charge in [0.25, 0.3) is 0 Å². The maximum absolute atomic E-state index is 11.1. The van der Waals surface area contributed by atoms with E-state index in [-0.39, 0.29) is 11.7 Å². The number of nitrogens with zero attached hydrogens (tertiary/aromatic N) is 1. The monoisotopic (exact) mass is 181 g/mol. The van der Waals surface area contributed by atoms with Crippen molar-refractivity contribution in [1.29, 1.82) is 0 Å². The Bertz CT molecular complexity index is 312. The summed E-state index contributed by atoms with van der Waals surface area (Å²) in [4.78, 5) is 11.1. The molecule has 1 unspecified atom stereocenters. The third kappa shape index (κ3) is 1.49. The number of Topliss-reactive ketones (excluding diaryl/α,β-unsaturated/α-hetero) is 1. The molecule has 0 bridgehead atoms. The van der Waals surface area contributed by atoms with Gasteiger partial charge in [0, 0.05) is 12.5 Å². The van der Waals surface area contributed by atoms with Gasteiger partial charge < -0.3 is 9.26 Å². The highest BCUT2D eigenvalue weighted by atomic mass is 16.5. The van der Waals surface area contributed by atoms with Crippen molar-refractivity contribution < 1.29 is 14.1 Å². The van der Waals surface area contributed by atoms with Crippen LogP contribution in [0.25, 0.3) is 0 Å². The standard InChI is InChI=1S/C9H11NO3/c1-6(11)8-4-10-13-9(8)7-2-3-12-5-7/h4,7H,2-3,5H2,1H3. The van der Waals surface area contributed by atoms with E-state index in [4.69, 9.17) is 9.26 Å². The fourth-order valence-corrected chi connectivity index (χ4v) is 1.55. The van der Waals surface area contributed by atoms with Crippen LogP contribution < -0.4 is 0 Å². The van der Waals surface area contributed by atoms with Gasteiger partial charge in [-0.25, -0.2) is 0 Å². The molecule has 0 saturated carbocycles. The highest BCUT2D eigenvalue weighted by Crippen LogP contribution is 2.27. The molecule has 1 aliphatic rings. The van der Waals surface area contributed by atoms with E-state index in [1.54, 1.807) is 0 Å². The molecule has 1 aromatic rings. The van der Waals surface area contributed by atoms with Gasteiger partial charge in [0.2, 0.25) is 0 Å². The van der Waals surface area contributed by atoms with Crippen molar-refractivity contribution in [1.82, 2.24) is 5.16 Å². The van der Waals surface area contributed by atoms with Crippen LogP contribution in [0.15, 0.2) is 10.7 Å². The summed E-state index contributed by atoms with van der Waals surface area (Å²) in [5, 5.41) is 3.64. The average molecular weight is 181 g/mol. The molecule has 0 aliphatic carbocycles. The number of aromatic nitrogens is 1. The summed E-state index contributed by atoms with van der Waals surface area (Å²) in [6.07, 6.45) is 2.39. The molecule has 0 spiro atoms. The maximum atomic E-state index is 11.1. The molecular formula is C9H11NO3. The number of hydrogen-bond acceptors (Lipinski definition) is 4. The SMILES string of the molecule is CC(=O)c1cnoc1C1CCOC1. The lowest BCUT2D eigenvalue weighted by Crippen LogP contribution is -2.02. The van der Waals surface area contributed by atoms with Crippen LogP contribution in [0.1, 0.15) is 35.4 Å². The Morgan fingerprint density at radius 3 is 3.15 bits per heavy atom. The fraction of sp³-hybridized carbons (Fsp3) is 0.556. The molecule has 1 atom stereocenters. The minimum Gasteiger partial charge on any atom is -0.381 e. The van der Waals surface area contributed by atoms with Crippen LogP contribution in [0.4, 0.5) is 0 Å². The van der Waals surface area contributed by atoms with E-state index >= 15 is 0 Å². The number of rotatable bonds is 2. The Labute approximate surface area is 75.9 Å². The molecule has 1 saturated heterocycles.